The summed E-state index contributed by atoms with van der Waals surface area (Å²) in [5.41, 5.74) is 0.975. The number of aromatic hydroxyl groups is 1. The van der Waals surface area contributed by atoms with Crippen LogP contribution in [0.2, 0.25) is 5.02 Å². The number of hydrogen-bond donors (Lipinski definition) is 3. The first-order valence-corrected chi connectivity index (χ1v) is 8.15. The fraction of sp³-hybridized carbons (Fsp3) is 0.143. The number of aliphatic hydroxyl groups excluding tert-OH is 1. The van der Waals surface area contributed by atoms with E-state index in [4.69, 9.17) is 26.6 Å². The summed E-state index contributed by atoms with van der Waals surface area (Å²) in [4.78, 5) is -0.391. The van der Waals surface area contributed by atoms with Gasteiger partial charge in [0.2, 0.25) is 10.0 Å². The van der Waals surface area contributed by atoms with E-state index in [0.29, 0.717) is 21.9 Å². The van der Waals surface area contributed by atoms with Crippen molar-refractivity contribution in [3.05, 3.63) is 41.4 Å². The van der Waals surface area contributed by atoms with Gasteiger partial charge in [-0.1, -0.05) is 17.7 Å². The van der Waals surface area contributed by atoms with E-state index < -0.39 is 20.7 Å². The molecule has 4 N–H and O–H groups in total. The number of hydrogen-bond acceptors (Lipinski definition) is 5. The smallest absolute Gasteiger partial charge is 0.241 e. The largest absolute Gasteiger partial charge is 0.507 e. The van der Waals surface area contributed by atoms with Crippen LogP contribution in [0.4, 0.5) is 0 Å². The first kappa shape index (κ1) is 16.6. The third-order valence-corrected chi connectivity index (χ3v) is 4.04. The number of nitrogens with two attached hydrogens (primary N) is 1. The van der Waals surface area contributed by atoms with Gasteiger partial charge < -0.3 is 14.9 Å². The number of halogens is 1. The molecule has 0 bridgehead atoms. The van der Waals surface area contributed by atoms with Crippen LogP contribution in [-0.4, -0.2) is 31.8 Å². The lowest BCUT2D eigenvalue weighted by Gasteiger charge is -2.12. The second-order valence-corrected chi connectivity index (χ2v) is 6.41. The number of ether oxygens (including phenoxy) is 1. The maximum atomic E-state index is 11.5. The number of aliphatic hydroxyl groups is 1. The van der Waals surface area contributed by atoms with Crippen LogP contribution in [0.25, 0.3) is 11.1 Å². The highest BCUT2D eigenvalue weighted by molar-refractivity contribution is 7.89. The minimum absolute atomic E-state index is 0.0781. The molecule has 6 nitrogen and oxygen atoms in total. The minimum Gasteiger partial charge on any atom is -0.507 e. The van der Waals surface area contributed by atoms with Crippen molar-refractivity contribution < 1.29 is 23.4 Å². The molecule has 0 atom stereocenters. The number of rotatable bonds is 5. The molecule has 2 aromatic rings. The molecule has 0 aliphatic heterocycles. The molecule has 0 saturated heterocycles. The van der Waals surface area contributed by atoms with Gasteiger partial charge in [0.1, 0.15) is 23.0 Å². The Morgan fingerprint density at radius 1 is 1.18 bits per heavy atom. The summed E-state index contributed by atoms with van der Waals surface area (Å²) in [5.74, 6) is -0.0180. The van der Waals surface area contributed by atoms with Gasteiger partial charge in [0.15, 0.2) is 0 Å². The Morgan fingerprint density at radius 3 is 2.55 bits per heavy atom. The van der Waals surface area contributed by atoms with E-state index >= 15 is 0 Å². The molecule has 22 heavy (non-hydrogen) atoms. The molecule has 0 saturated carbocycles. The maximum absolute atomic E-state index is 11.5. The molecule has 0 aliphatic rings. The minimum atomic E-state index is -4.07. The van der Waals surface area contributed by atoms with E-state index in [0.717, 1.165) is 0 Å². The maximum Gasteiger partial charge on any atom is 0.241 e. The molecular formula is C14H14ClNO5S. The van der Waals surface area contributed by atoms with Crippen LogP contribution in [0, 0.1) is 0 Å². The summed E-state index contributed by atoms with van der Waals surface area (Å²) in [6, 6.07) is 8.79. The Bertz CT molecular complexity index is 792. The normalized spacial score (nSPS) is 11.4. The lowest BCUT2D eigenvalue weighted by atomic mass is 10.0. The number of benzene rings is 2. The molecule has 8 heteroatoms. The molecule has 0 amide bonds. The summed E-state index contributed by atoms with van der Waals surface area (Å²) in [5, 5.41) is 24.0. The lowest BCUT2D eigenvalue weighted by molar-refractivity contribution is 0.202. The summed E-state index contributed by atoms with van der Waals surface area (Å²) in [7, 11) is -4.07. The van der Waals surface area contributed by atoms with Gasteiger partial charge in [-0.2, -0.15) is 0 Å². The van der Waals surface area contributed by atoms with E-state index in [-0.39, 0.29) is 13.2 Å². The van der Waals surface area contributed by atoms with Gasteiger partial charge in [0.05, 0.1) is 6.61 Å². The predicted octanol–water partition coefficient (Wildman–Crippen LogP) is 1.73. The Hall–Kier alpha value is -1.80. The summed E-state index contributed by atoms with van der Waals surface area (Å²) >= 11 is 5.96. The van der Waals surface area contributed by atoms with E-state index in [9.17, 15) is 13.5 Å². The number of primary sulfonamides is 1. The van der Waals surface area contributed by atoms with Crippen LogP contribution in [0.5, 0.6) is 11.5 Å². The van der Waals surface area contributed by atoms with Crippen molar-refractivity contribution in [1.82, 2.24) is 0 Å². The van der Waals surface area contributed by atoms with Crippen LogP contribution in [0.3, 0.4) is 0 Å². The monoisotopic (exact) mass is 343 g/mol. The van der Waals surface area contributed by atoms with Gasteiger partial charge in [0.25, 0.3) is 0 Å². The van der Waals surface area contributed by atoms with Crippen molar-refractivity contribution in [2.45, 2.75) is 4.90 Å². The van der Waals surface area contributed by atoms with Gasteiger partial charge in [0, 0.05) is 10.6 Å². The standard InChI is InChI=1S/C14H14ClNO5S/c15-10-2-4-13(21-6-5-17)11(8-10)9-1-3-12(18)14(7-9)22(16,19)20/h1-4,7-8,17-18H,5-6H2,(H2,16,19,20). The van der Waals surface area contributed by atoms with Crippen molar-refractivity contribution in [1.29, 1.82) is 0 Å². The third kappa shape index (κ3) is 3.69. The number of phenols is 1. The van der Waals surface area contributed by atoms with Crippen molar-refractivity contribution >= 4 is 21.6 Å². The Morgan fingerprint density at radius 2 is 1.91 bits per heavy atom. The molecule has 0 heterocycles. The summed E-state index contributed by atoms with van der Waals surface area (Å²) < 4.78 is 28.4. The van der Waals surface area contributed by atoms with E-state index in [1.807, 2.05) is 0 Å². The highest BCUT2D eigenvalue weighted by Gasteiger charge is 2.16. The zero-order chi connectivity index (χ0) is 16.3. The first-order chi connectivity index (χ1) is 10.3. The van der Waals surface area contributed by atoms with Gasteiger partial charge in [-0.25, -0.2) is 13.6 Å². The molecule has 0 fully saturated rings. The van der Waals surface area contributed by atoms with Crippen LogP contribution in [-0.2, 0) is 10.0 Å². The van der Waals surface area contributed by atoms with Crippen molar-refractivity contribution in [2.75, 3.05) is 13.2 Å². The highest BCUT2D eigenvalue weighted by Crippen LogP contribution is 2.35. The topological polar surface area (TPSA) is 110 Å². The van der Waals surface area contributed by atoms with E-state index in [1.54, 1.807) is 18.2 Å². The molecule has 2 aromatic carbocycles. The van der Waals surface area contributed by atoms with Crippen LogP contribution >= 0.6 is 11.6 Å². The number of sulfonamides is 1. The molecule has 0 radical (unpaired) electrons. The van der Waals surface area contributed by atoms with E-state index in [2.05, 4.69) is 0 Å². The third-order valence-electron chi connectivity index (χ3n) is 2.87. The molecule has 0 aliphatic carbocycles. The highest BCUT2D eigenvalue weighted by atomic mass is 35.5. The van der Waals surface area contributed by atoms with Gasteiger partial charge in [-0.15, -0.1) is 0 Å². The molecular weight excluding hydrogens is 330 g/mol. The first-order valence-electron chi connectivity index (χ1n) is 6.22. The lowest BCUT2D eigenvalue weighted by Crippen LogP contribution is -2.12. The molecule has 0 spiro atoms. The second kappa shape index (κ2) is 6.53. The molecule has 118 valence electrons. The van der Waals surface area contributed by atoms with Crippen molar-refractivity contribution in [3.63, 3.8) is 0 Å². The summed E-state index contributed by atoms with van der Waals surface area (Å²) in [6.07, 6.45) is 0. The Labute approximate surface area is 132 Å². The molecule has 0 unspecified atom stereocenters. The summed E-state index contributed by atoms with van der Waals surface area (Å²) in [6.45, 7) is -0.0885. The Balaban J connectivity index is 2.59. The van der Waals surface area contributed by atoms with Crippen molar-refractivity contribution in [3.8, 4) is 22.6 Å². The molecule has 0 aromatic heterocycles. The van der Waals surface area contributed by atoms with E-state index in [1.165, 1.54) is 18.2 Å². The average Bonchev–Trinajstić information content (AvgIpc) is 2.45. The van der Waals surface area contributed by atoms with Crippen LogP contribution in [0.1, 0.15) is 0 Å². The van der Waals surface area contributed by atoms with Gasteiger partial charge in [-0.05, 0) is 35.9 Å². The van der Waals surface area contributed by atoms with Crippen LogP contribution in [0.15, 0.2) is 41.3 Å². The van der Waals surface area contributed by atoms with Gasteiger partial charge in [-0.3, -0.25) is 0 Å². The quantitative estimate of drug-likeness (QED) is 0.765. The fourth-order valence-electron chi connectivity index (χ4n) is 1.92. The predicted molar refractivity (Wildman–Crippen MR) is 82.5 cm³/mol. The van der Waals surface area contributed by atoms with Crippen molar-refractivity contribution in [2.24, 2.45) is 5.14 Å². The average molecular weight is 344 g/mol. The SMILES string of the molecule is NS(=O)(=O)c1cc(-c2cc(Cl)ccc2OCCO)ccc1O. The second-order valence-electron chi connectivity index (χ2n) is 4.44. The van der Waals surface area contributed by atoms with Crippen LogP contribution < -0.4 is 9.88 Å². The zero-order valence-corrected chi connectivity index (χ0v) is 12.9. The fourth-order valence-corrected chi connectivity index (χ4v) is 2.74. The number of phenolic OH excluding ortho intramolecular Hbond substituents is 1. The van der Waals surface area contributed by atoms with Gasteiger partial charge >= 0.3 is 0 Å². The Kier molecular flexibility index (Phi) is 4.92. The molecule has 2 rings (SSSR count). The zero-order valence-electron chi connectivity index (χ0n) is 11.4.